The Hall–Kier alpha value is -2.22. The topological polar surface area (TPSA) is 113 Å². The van der Waals surface area contributed by atoms with E-state index in [-0.39, 0.29) is 22.7 Å². The van der Waals surface area contributed by atoms with Gasteiger partial charge in [-0.2, -0.15) is 5.06 Å². The third kappa shape index (κ3) is 1.45. The van der Waals surface area contributed by atoms with Gasteiger partial charge < -0.3 is 5.73 Å². The Bertz CT molecular complexity index is 610. The molecule has 8 heteroatoms. The van der Waals surface area contributed by atoms with Crippen LogP contribution in [0.25, 0.3) is 0 Å². The summed E-state index contributed by atoms with van der Waals surface area (Å²) in [5, 5.41) is 22.2. The first-order chi connectivity index (χ1) is 9.49. The molecule has 0 aromatic heterocycles. The second-order valence-corrected chi connectivity index (χ2v) is 5.27. The molecule has 1 heterocycles. The number of hydroxylamine groups is 1. The van der Waals surface area contributed by atoms with Crippen LogP contribution >= 0.6 is 0 Å². The average molecular weight is 279 g/mol. The van der Waals surface area contributed by atoms with Crippen molar-refractivity contribution in [3.05, 3.63) is 27.2 Å². The molecule has 2 aliphatic rings. The first-order valence-electron chi connectivity index (χ1n) is 6.52. The first-order valence-corrected chi connectivity index (χ1v) is 6.52. The fourth-order valence-corrected chi connectivity index (χ4v) is 3.18. The number of rotatable bonds is 1. The zero-order chi connectivity index (χ0) is 14.5. The Morgan fingerprint density at radius 2 is 2.00 bits per heavy atom. The molecule has 0 saturated heterocycles. The third-order valence-electron chi connectivity index (χ3n) is 4.23. The number of nitro benzene ring substituents is 1. The zero-order valence-corrected chi connectivity index (χ0v) is 10.8. The number of nitroso groups, excluding NO2 is 1. The van der Waals surface area contributed by atoms with Gasteiger partial charge in [-0.05, 0) is 18.9 Å². The largest absolute Gasteiger partial charge is 0.387 e. The molecule has 20 heavy (non-hydrogen) atoms. The van der Waals surface area contributed by atoms with E-state index in [9.17, 15) is 20.2 Å². The lowest BCUT2D eigenvalue weighted by molar-refractivity contribution is -0.555. The van der Waals surface area contributed by atoms with Gasteiger partial charge in [0.05, 0.1) is 9.68 Å². The van der Waals surface area contributed by atoms with Gasteiger partial charge in [-0.3, -0.25) is 15.3 Å². The molecule has 106 valence electrons. The monoisotopic (exact) mass is 279 g/mol. The molecule has 0 atom stereocenters. The number of nitro groups is 1. The molecule has 0 bridgehead atoms. The highest BCUT2D eigenvalue weighted by Gasteiger charge is 2.61. The summed E-state index contributed by atoms with van der Waals surface area (Å²) >= 11 is 0. The molecule has 1 saturated carbocycles. The van der Waals surface area contributed by atoms with E-state index in [0.717, 1.165) is 24.3 Å². The fraction of sp³-hybridized carbons (Fsp3) is 0.500. The molecule has 8 nitrogen and oxygen atoms in total. The number of hydrogen-bond acceptors (Lipinski definition) is 6. The lowest BCUT2D eigenvalue weighted by Crippen LogP contribution is -2.50. The van der Waals surface area contributed by atoms with Crippen molar-refractivity contribution >= 4 is 22.7 Å². The fourth-order valence-electron chi connectivity index (χ4n) is 3.18. The second kappa shape index (κ2) is 4.14. The van der Waals surface area contributed by atoms with Gasteiger partial charge >= 0.3 is 11.4 Å². The smallest absolute Gasteiger partial charge is 0.314 e. The molecule has 1 fully saturated rings. The highest BCUT2D eigenvalue weighted by molar-refractivity contribution is 5.83. The highest BCUT2D eigenvalue weighted by Crippen LogP contribution is 2.52. The van der Waals surface area contributed by atoms with Crippen molar-refractivity contribution in [3.63, 3.8) is 0 Å². The SMILES string of the molecule is Nc1c([N+](=O)[O-])ccc2c1[N+](=O)C1(CCCCC1)N2O. The van der Waals surface area contributed by atoms with Gasteiger partial charge in [0, 0.05) is 23.8 Å². The second-order valence-electron chi connectivity index (χ2n) is 5.27. The number of fused-ring (bicyclic) bond motifs is 1. The van der Waals surface area contributed by atoms with Crippen molar-refractivity contribution in [2.24, 2.45) is 0 Å². The van der Waals surface area contributed by atoms with Crippen LogP contribution in [-0.4, -0.2) is 20.6 Å². The van der Waals surface area contributed by atoms with Crippen molar-refractivity contribution in [1.82, 2.24) is 0 Å². The van der Waals surface area contributed by atoms with Crippen molar-refractivity contribution in [2.45, 2.75) is 37.8 Å². The van der Waals surface area contributed by atoms with E-state index < -0.39 is 10.6 Å². The summed E-state index contributed by atoms with van der Waals surface area (Å²) in [5.41, 5.74) is 4.43. The summed E-state index contributed by atoms with van der Waals surface area (Å²) < 4.78 is 0.657. The minimum absolute atomic E-state index is 0.00333. The Kier molecular flexibility index (Phi) is 2.65. The summed E-state index contributed by atoms with van der Waals surface area (Å²) in [6.07, 6.45) is 3.68. The predicted molar refractivity (Wildman–Crippen MR) is 70.9 cm³/mol. The molecule has 3 rings (SSSR count). The third-order valence-corrected chi connectivity index (χ3v) is 4.23. The van der Waals surface area contributed by atoms with Crippen LogP contribution < -0.4 is 10.8 Å². The number of nitrogens with zero attached hydrogens (tertiary/aromatic N) is 3. The molecule has 0 radical (unpaired) electrons. The van der Waals surface area contributed by atoms with Gasteiger partial charge in [0.15, 0.2) is 5.69 Å². The molecule has 0 unspecified atom stereocenters. The first kappa shape index (κ1) is 12.8. The van der Waals surface area contributed by atoms with Crippen LogP contribution in [0.5, 0.6) is 0 Å². The normalized spacial score (nSPS) is 20.2. The van der Waals surface area contributed by atoms with Gasteiger partial charge in [-0.1, -0.05) is 6.42 Å². The van der Waals surface area contributed by atoms with Gasteiger partial charge in [-0.25, -0.2) is 0 Å². The van der Waals surface area contributed by atoms with Crippen LogP contribution in [0.2, 0.25) is 0 Å². The number of nitrogens with two attached hydrogens (primary N) is 1. The van der Waals surface area contributed by atoms with Gasteiger partial charge in [0.2, 0.25) is 0 Å². The number of nitrogen functional groups attached to an aromatic ring is 1. The summed E-state index contributed by atoms with van der Waals surface area (Å²) in [6.45, 7) is 0. The van der Waals surface area contributed by atoms with Crippen LogP contribution in [0.1, 0.15) is 32.1 Å². The van der Waals surface area contributed by atoms with Crippen LogP contribution in [-0.2, 0) is 0 Å². The average Bonchev–Trinajstić information content (AvgIpc) is 2.63. The number of anilines is 2. The van der Waals surface area contributed by atoms with E-state index in [1.807, 2.05) is 0 Å². The minimum Gasteiger partial charge on any atom is -0.387 e. The predicted octanol–water partition coefficient (Wildman–Crippen LogP) is 2.46. The van der Waals surface area contributed by atoms with Crippen molar-refractivity contribution in [1.29, 1.82) is 0 Å². The van der Waals surface area contributed by atoms with Crippen LogP contribution in [0.4, 0.5) is 22.7 Å². The molecule has 1 aliphatic heterocycles. The standard InChI is InChI=1S/C12H15N4O4/c13-10-8(16(19)20)4-5-9-11(10)15(18)12(14(9)17)6-2-1-3-7-12/h4-5,17H,1-3,6-7,13H2/q+1. The van der Waals surface area contributed by atoms with Crippen LogP contribution in [0, 0.1) is 15.0 Å². The van der Waals surface area contributed by atoms with Crippen molar-refractivity contribution < 1.29 is 14.9 Å². The Labute approximate surface area is 114 Å². The van der Waals surface area contributed by atoms with Crippen LogP contribution in [0.3, 0.4) is 0 Å². The van der Waals surface area contributed by atoms with E-state index in [4.69, 9.17) is 5.73 Å². The number of benzene rings is 1. The summed E-state index contributed by atoms with van der Waals surface area (Å²) in [6, 6.07) is 2.59. The van der Waals surface area contributed by atoms with Gasteiger partial charge in [0.1, 0.15) is 5.69 Å². The van der Waals surface area contributed by atoms with Crippen molar-refractivity contribution in [2.75, 3.05) is 10.8 Å². The quantitative estimate of drug-likeness (QED) is 0.353. The Morgan fingerprint density at radius 1 is 1.35 bits per heavy atom. The summed E-state index contributed by atoms with van der Waals surface area (Å²) in [5.74, 6) is 0. The number of hydrogen-bond donors (Lipinski definition) is 2. The molecule has 1 aromatic rings. The maximum atomic E-state index is 12.6. The lowest BCUT2D eigenvalue weighted by atomic mass is 9.89. The van der Waals surface area contributed by atoms with Crippen LogP contribution in [0.15, 0.2) is 12.1 Å². The highest BCUT2D eigenvalue weighted by atomic mass is 16.6. The summed E-state index contributed by atoms with van der Waals surface area (Å²) in [4.78, 5) is 22.9. The Morgan fingerprint density at radius 3 is 2.60 bits per heavy atom. The zero-order valence-electron chi connectivity index (χ0n) is 10.8. The lowest BCUT2D eigenvalue weighted by Gasteiger charge is -2.29. The van der Waals surface area contributed by atoms with E-state index in [2.05, 4.69) is 0 Å². The molecule has 1 aromatic carbocycles. The van der Waals surface area contributed by atoms with E-state index in [1.165, 1.54) is 12.1 Å². The molecule has 0 amide bonds. The molecule has 1 spiro atoms. The van der Waals surface area contributed by atoms with E-state index in [0.29, 0.717) is 17.6 Å². The van der Waals surface area contributed by atoms with Gasteiger partial charge in [-0.15, -0.1) is 0 Å². The molecular formula is C12H15N4O4+. The molecule has 1 aliphatic carbocycles. The van der Waals surface area contributed by atoms with E-state index >= 15 is 0 Å². The summed E-state index contributed by atoms with van der Waals surface area (Å²) in [7, 11) is 0. The minimum atomic E-state index is -1.07. The van der Waals surface area contributed by atoms with Crippen molar-refractivity contribution in [3.8, 4) is 0 Å². The van der Waals surface area contributed by atoms with E-state index in [1.54, 1.807) is 0 Å². The Balaban J connectivity index is 2.16. The maximum Gasteiger partial charge on any atom is 0.314 e. The van der Waals surface area contributed by atoms with Gasteiger partial charge in [0.25, 0.3) is 5.69 Å². The molecule has 3 N–H and O–H groups in total. The maximum absolute atomic E-state index is 12.6. The molecular weight excluding hydrogens is 264 g/mol.